The van der Waals surface area contributed by atoms with Gasteiger partial charge in [0.05, 0.1) is 5.41 Å². The van der Waals surface area contributed by atoms with Gasteiger partial charge in [-0.05, 0) is 50.6 Å². The largest absolute Gasteiger partial charge is 0.399 e. The number of hydrogen-bond donors (Lipinski definition) is 2. The van der Waals surface area contributed by atoms with Gasteiger partial charge in [0.2, 0.25) is 5.91 Å². The highest BCUT2D eigenvalue weighted by molar-refractivity contribution is 5.91. The summed E-state index contributed by atoms with van der Waals surface area (Å²) in [7, 11) is 2.10. The minimum atomic E-state index is -0.283. The van der Waals surface area contributed by atoms with Crippen LogP contribution >= 0.6 is 0 Å². The summed E-state index contributed by atoms with van der Waals surface area (Å²) in [5.41, 5.74) is 7.27. The van der Waals surface area contributed by atoms with Crippen molar-refractivity contribution in [3.05, 3.63) is 29.8 Å². The summed E-state index contributed by atoms with van der Waals surface area (Å²) in [6.45, 7) is 2.03. The van der Waals surface area contributed by atoms with E-state index in [1.165, 1.54) is 0 Å². The number of nitrogens with two attached hydrogens (primary N) is 1. The number of likely N-dealkylation sites (N-methyl/N-ethyl adjacent to an activating group) is 1. The van der Waals surface area contributed by atoms with E-state index in [-0.39, 0.29) is 11.3 Å². The van der Waals surface area contributed by atoms with Gasteiger partial charge in [0.15, 0.2) is 0 Å². The van der Waals surface area contributed by atoms with E-state index in [4.69, 9.17) is 5.73 Å². The average molecular weight is 259 g/mol. The van der Waals surface area contributed by atoms with E-state index >= 15 is 0 Å². The Labute approximate surface area is 114 Å². The highest BCUT2D eigenvalue weighted by Crippen LogP contribution is 2.48. The lowest BCUT2D eigenvalue weighted by molar-refractivity contribution is -0.124. The number of nitrogens with zero attached hydrogens (tertiary/aromatic N) is 1. The second-order valence-electron chi connectivity index (χ2n) is 5.93. The number of hydrogen-bond acceptors (Lipinski definition) is 3. The van der Waals surface area contributed by atoms with E-state index in [0.717, 1.165) is 43.6 Å². The maximum atomic E-state index is 12.5. The maximum absolute atomic E-state index is 12.5. The normalized spacial score (nSPS) is 25.2. The van der Waals surface area contributed by atoms with Gasteiger partial charge in [0.25, 0.3) is 0 Å². The number of likely N-dealkylation sites (tertiary alicyclic amines) is 1. The van der Waals surface area contributed by atoms with Crippen molar-refractivity contribution in [2.75, 3.05) is 25.9 Å². The van der Waals surface area contributed by atoms with E-state index < -0.39 is 0 Å². The van der Waals surface area contributed by atoms with Crippen LogP contribution in [0.2, 0.25) is 0 Å². The standard InChI is InChI=1S/C15H21N3O/c1-18-9-6-13(10-18)17-14(19)15(7-8-15)11-2-4-12(16)5-3-11/h2-5,13H,6-10,16H2,1H3,(H,17,19). The number of anilines is 1. The summed E-state index contributed by atoms with van der Waals surface area (Å²) >= 11 is 0. The molecule has 4 heteroatoms. The third-order valence-corrected chi connectivity index (χ3v) is 4.37. The van der Waals surface area contributed by atoms with Gasteiger partial charge >= 0.3 is 0 Å². The van der Waals surface area contributed by atoms with Crippen molar-refractivity contribution < 1.29 is 4.79 Å². The molecule has 0 spiro atoms. The predicted molar refractivity (Wildman–Crippen MR) is 75.8 cm³/mol. The van der Waals surface area contributed by atoms with Gasteiger partial charge in [0.1, 0.15) is 0 Å². The number of carbonyl (C=O) groups excluding carboxylic acids is 1. The summed E-state index contributed by atoms with van der Waals surface area (Å²) in [5.74, 6) is 0.192. The predicted octanol–water partition coefficient (Wildman–Crippen LogP) is 1.12. The number of amides is 1. The van der Waals surface area contributed by atoms with Crippen molar-refractivity contribution in [1.29, 1.82) is 0 Å². The van der Waals surface area contributed by atoms with Gasteiger partial charge in [0, 0.05) is 18.3 Å². The molecule has 102 valence electrons. The molecule has 0 bridgehead atoms. The Morgan fingerprint density at radius 2 is 2.05 bits per heavy atom. The second kappa shape index (κ2) is 4.53. The molecule has 19 heavy (non-hydrogen) atoms. The molecule has 1 unspecified atom stereocenters. The lowest BCUT2D eigenvalue weighted by Gasteiger charge is -2.19. The molecule has 2 aliphatic rings. The van der Waals surface area contributed by atoms with Crippen molar-refractivity contribution in [3.8, 4) is 0 Å². The minimum absolute atomic E-state index is 0.192. The van der Waals surface area contributed by atoms with Gasteiger partial charge in [-0.15, -0.1) is 0 Å². The van der Waals surface area contributed by atoms with Crippen LogP contribution < -0.4 is 11.1 Å². The van der Waals surface area contributed by atoms with Crippen LogP contribution in [0.3, 0.4) is 0 Å². The number of carbonyl (C=O) groups is 1. The minimum Gasteiger partial charge on any atom is -0.399 e. The molecule has 4 nitrogen and oxygen atoms in total. The van der Waals surface area contributed by atoms with Gasteiger partial charge in [-0.3, -0.25) is 4.79 Å². The average Bonchev–Trinajstić information content (AvgIpc) is 3.10. The number of benzene rings is 1. The Hall–Kier alpha value is -1.55. The van der Waals surface area contributed by atoms with Crippen LogP contribution in [0.15, 0.2) is 24.3 Å². The number of rotatable bonds is 3. The zero-order chi connectivity index (χ0) is 13.5. The summed E-state index contributed by atoms with van der Waals surface area (Å²) in [6, 6.07) is 8.05. The Morgan fingerprint density at radius 1 is 1.37 bits per heavy atom. The van der Waals surface area contributed by atoms with Crippen LogP contribution in [0.5, 0.6) is 0 Å². The van der Waals surface area contributed by atoms with E-state index in [2.05, 4.69) is 17.3 Å². The van der Waals surface area contributed by atoms with E-state index in [0.29, 0.717) is 6.04 Å². The monoisotopic (exact) mass is 259 g/mol. The van der Waals surface area contributed by atoms with Crippen molar-refractivity contribution in [1.82, 2.24) is 10.2 Å². The molecule has 1 aromatic rings. The Kier molecular flexibility index (Phi) is 2.97. The lowest BCUT2D eigenvalue weighted by atomic mass is 9.94. The summed E-state index contributed by atoms with van der Waals surface area (Å²) in [4.78, 5) is 14.8. The van der Waals surface area contributed by atoms with Crippen molar-refractivity contribution >= 4 is 11.6 Å². The molecule has 3 rings (SSSR count). The van der Waals surface area contributed by atoms with Gasteiger partial charge < -0.3 is 16.0 Å². The van der Waals surface area contributed by atoms with Crippen LogP contribution in [-0.2, 0) is 10.2 Å². The molecule has 1 saturated heterocycles. The van der Waals surface area contributed by atoms with Gasteiger partial charge in [-0.25, -0.2) is 0 Å². The smallest absolute Gasteiger partial charge is 0.230 e. The molecule has 1 aromatic carbocycles. The van der Waals surface area contributed by atoms with Crippen molar-refractivity contribution in [2.45, 2.75) is 30.7 Å². The third kappa shape index (κ3) is 2.32. The molecular weight excluding hydrogens is 238 g/mol. The third-order valence-electron chi connectivity index (χ3n) is 4.37. The Bertz CT molecular complexity index is 479. The van der Waals surface area contributed by atoms with Crippen molar-refractivity contribution in [2.24, 2.45) is 0 Å². The highest BCUT2D eigenvalue weighted by Gasteiger charge is 2.51. The van der Waals surface area contributed by atoms with E-state index in [1.54, 1.807) is 0 Å². The molecular formula is C15H21N3O. The van der Waals surface area contributed by atoms with Crippen molar-refractivity contribution in [3.63, 3.8) is 0 Å². The zero-order valence-corrected chi connectivity index (χ0v) is 11.4. The molecule has 1 aliphatic heterocycles. The van der Waals surface area contributed by atoms with Crippen LogP contribution in [0, 0.1) is 0 Å². The maximum Gasteiger partial charge on any atom is 0.230 e. The molecule has 1 aliphatic carbocycles. The first-order chi connectivity index (χ1) is 9.10. The molecule has 3 N–H and O–H groups in total. The first-order valence-electron chi connectivity index (χ1n) is 6.96. The molecule has 0 aromatic heterocycles. The molecule has 1 amide bonds. The number of nitrogen functional groups attached to an aromatic ring is 1. The van der Waals surface area contributed by atoms with Crippen LogP contribution in [-0.4, -0.2) is 37.0 Å². The first kappa shape index (κ1) is 12.5. The Morgan fingerprint density at radius 3 is 2.58 bits per heavy atom. The fourth-order valence-corrected chi connectivity index (χ4v) is 2.95. The van der Waals surface area contributed by atoms with Crippen LogP contribution in [0.25, 0.3) is 0 Å². The van der Waals surface area contributed by atoms with Crippen LogP contribution in [0.1, 0.15) is 24.8 Å². The summed E-state index contributed by atoms with van der Waals surface area (Å²) in [6.07, 6.45) is 2.96. The summed E-state index contributed by atoms with van der Waals surface area (Å²) < 4.78 is 0. The fourth-order valence-electron chi connectivity index (χ4n) is 2.95. The molecule has 2 fully saturated rings. The quantitative estimate of drug-likeness (QED) is 0.800. The zero-order valence-electron chi connectivity index (χ0n) is 11.4. The van der Waals surface area contributed by atoms with E-state index in [9.17, 15) is 4.79 Å². The molecule has 0 radical (unpaired) electrons. The second-order valence-corrected chi connectivity index (χ2v) is 5.93. The Balaban J connectivity index is 1.70. The topological polar surface area (TPSA) is 58.4 Å². The van der Waals surface area contributed by atoms with Gasteiger partial charge in [-0.2, -0.15) is 0 Å². The fraction of sp³-hybridized carbons (Fsp3) is 0.533. The molecule has 1 saturated carbocycles. The highest BCUT2D eigenvalue weighted by atomic mass is 16.2. The van der Waals surface area contributed by atoms with Crippen LogP contribution in [0.4, 0.5) is 5.69 Å². The molecule has 1 atom stereocenters. The SMILES string of the molecule is CN1CCC(NC(=O)C2(c3ccc(N)cc3)CC2)C1. The summed E-state index contributed by atoms with van der Waals surface area (Å²) in [5, 5.41) is 3.21. The van der Waals surface area contributed by atoms with Gasteiger partial charge in [-0.1, -0.05) is 12.1 Å². The first-order valence-corrected chi connectivity index (χ1v) is 6.96. The lowest BCUT2D eigenvalue weighted by Crippen LogP contribution is -2.42. The number of nitrogens with one attached hydrogen (secondary N) is 1. The molecule has 1 heterocycles. The van der Waals surface area contributed by atoms with E-state index in [1.807, 2.05) is 24.3 Å².